The molecule has 0 atom stereocenters. The molecule has 0 saturated carbocycles. The fourth-order valence-electron chi connectivity index (χ4n) is 7.09. The minimum Gasteiger partial charge on any atom is -0.456 e. The van der Waals surface area contributed by atoms with Crippen molar-refractivity contribution in [2.75, 3.05) is 0 Å². The number of furan rings is 1. The van der Waals surface area contributed by atoms with Gasteiger partial charge < -0.3 is 4.42 Å². The minimum absolute atomic E-state index is 0.642. The molecule has 218 valence electrons. The van der Waals surface area contributed by atoms with Gasteiger partial charge in [-0.3, -0.25) is 0 Å². The second-order valence-corrected chi connectivity index (χ2v) is 12.0. The fraction of sp³-hybridized carbons (Fsp3) is 0. The van der Waals surface area contributed by atoms with E-state index in [1.807, 2.05) is 60.7 Å². The molecule has 0 bridgehead atoms. The summed E-state index contributed by atoms with van der Waals surface area (Å²) in [5.41, 5.74) is 6.93. The molecule has 4 nitrogen and oxygen atoms in total. The van der Waals surface area contributed by atoms with Gasteiger partial charge in [-0.1, -0.05) is 127 Å². The van der Waals surface area contributed by atoms with E-state index < -0.39 is 0 Å². The Morgan fingerprint density at radius 2 is 0.915 bits per heavy atom. The highest BCUT2D eigenvalue weighted by Crippen LogP contribution is 2.46. The molecular weight excluding hydrogens is 574 g/mol. The first-order valence-electron chi connectivity index (χ1n) is 15.8. The van der Waals surface area contributed by atoms with E-state index in [0.717, 1.165) is 39.0 Å². The van der Waals surface area contributed by atoms with Crippen LogP contribution >= 0.6 is 0 Å². The lowest BCUT2D eigenvalue weighted by molar-refractivity contribution is 0.670. The number of hydrogen-bond donors (Lipinski definition) is 0. The van der Waals surface area contributed by atoms with E-state index in [2.05, 4.69) is 91.0 Å². The molecule has 0 fully saturated rings. The number of hydrogen-bond acceptors (Lipinski definition) is 4. The summed E-state index contributed by atoms with van der Waals surface area (Å²) in [6.45, 7) is 0. The van der Waals surface area contributed by atoms with Crippen LogP contribution in [-0.4, -0.2) is 15.0 Å². The quantitative estimate of drug-likeness (QED) is 0.189. The van der Waals surface area contributed by atoms with Crippen LogP contribution in [0.25, 0.3) is 99.5 Å². The molecule has 0 aliphatic rings. The summed E-state index contributed by atoms with van der Waals surface area (Å²) in [6.07, 6.45) is 0. The summed E-state index contributed by atoms with van der Waals surface area (Å²) in [5, 5.41) is 9.69. The van der Waals surface area contributed by atoms with Crippen LogP contribution in [-0.2, 0) is 0 Å². The predicted octanol–water partition coefficient (Wildman–Crippen LogP) is 11.3. The molecule has 2 aromatic heterocycles. The van der Waals surface area contributed by atoms with Gasteiger partial charge in [0.25, 0.3) is 0 Å². The summed E-state index contributed by atoms with van der Waals surface area (Å²) in [4.78, 5) is 14.8. The number of nitrogens with zero attached hydrogens (tertiary/aromatic N) is 3. The van der Waals surface area contributed by atoms with Crippen LogP contribution in [0, 0.1) is 0 Å². The van der Waals surface area contributed by atoms with Crippen LogP contribution in [0.4, 0.5) is 0 Å². The van der Waals surface area contributed by atoms with Crippen LogP contribution in [0.5, 0.6) is 0 Å². The lowest BCUT2D eigenvalue weighted by Crippen LogP contribution is -2.00. The molecule has 0 saturated heterocycles. The summed E-state index contributed by atoms with van der Waals surface area (Å²) in [7, 11) is 0. The second kappa shape index (κ2) is 10.1. The lowest BCUT2D eigenvalue weighted by Gasteiger charge is -2.13. The Balaban J connectivity index is 1.19. The molecule has 0 spiro atoms. The summed E-state index contributed by atoms with van der Waals surface area (Å²) in [5.74, 6) is 1.94. The largest absolute Gasteiger partial charge is 0.456 e. The molecular formula is C43H25N3O. The highest BCUT2D eigenvalue weighted by molar-refractivity contribution is 6.38. The van der Waals surface area contributed by atoms with Crippen molar-refractivity contribution in [2.24, 2.45) is 0 Å². The van der Waals surface area contributed by atoms with Crippen LogP contribution < -0.4 is 0 Å². The zero-order valence-corrected chi connectivity index (χ0v) is 25.2. The standard InChI is InChI=1S/C43H25N3O/c1-3-11-26(12-4-1)41-44-42(27-13-5-2-6-14-27)46-43(45-41)31-17-9-16-28(23-31)29-21-22-33-34-19-10-20-36-39(34)40-37(47-36)25-30-15-7-8-18-32(30)38(40)35(33)24-29/h1-25H. The predicted molar refractivity (Wildman–Crippen MR) is 193 cm³/mol. The maximum atomic E-state index is 6.44. The van der Waals surface area contributed by atoms with Crippen molar-refractivity contribution >= 4 is 54.3 Å². The maximum absolute atomic E-state index is 6.44. The van der Waals surface area contributed by atoms with Gasteiger partial charge in [-0.05, 0) is 62.3 Å². The average Bonchev–Trinajstić information content (AvgIpc) is 3.52. The van der Waals surface area contributed by atoms with Gasteiger partial charge in [0.2, 0.25) is 0 Å². The van der Waals surface area contributed by atoms with Gasteiger partial charge in [0, 0.05) is 32.8 Å². The molecule has 0 radical (unpaired) electrons. The topological polar surface area (TPSA) is 51.8 Å². The maximum Gasteiger partial charge on any atom is 0.164 e. The molecule has 0 aliphatic heterocycles. The first-order valence-corrected chi connectivity index (χ1v) is 15.8. The Kier molecular flexibility index (Phi) is 5.54. The summed E-state index contributed by atoms with van der Waals surface area (Å²) in [6, 6.07) is 52.7. The zero-order valence-electron chi connectivity index (χ0n) is 25.2. The van der Waals surface area contributed by atoms with E-state index in [1.54, 1.807) is 0 Å². The van der Waals surface area contributed by atoms with Crippen LogP contribution in [0.1, 0.15) is 0 Å². The van der Waals surface area contributed by atoms with Crippen LogP contribution in [0.15, 0.2) is 156 Å². The van der Waals surface area contributed by atoms with Gasteiger partial charge in [0.1, 0.15) is 11.2 Å². The minimum atomic E-state index is 0.642. The van der Waals surface area contributed by atoms with E-state index in [1.165, 1.54) is 43.1 Å². The second-order valence-electron chi connectivity index (χ2n) is 12.0. The summed E-state index contributed by atoms with van der Waals surface area (Å²) >= 11 is 0. The molecule has 0 amide bonds. The highest BCUT2D eigenvalue weighted by Gasteiger charge is 2.20. The molecule has 0 aliphatic carbocycles. The van der Waals surface area contributed by atoms with Crippen molar-refractivity contribution < 1.29 is 4.42 Å². The van der Waals surface area contributed by atoms with Crippen molar-refractivity contribution in [3.05, 3.63) is 152 Å². The third-order valence-corrected chi connectivity index (χ3v) is 9.24. The summed E-state index contributed by atoms with van der Waals surface area (Å²) < 4.78 is 6.44. The van der Waals surface area contributed by atoms with E-state index >= 15 is 0 Å². The van der Waals surface area contributed by atoms with Gasteiger partial charge in [-0.15, -0.1) is 0 Å². The van der Waals surface area contributed by atoms with Gasteiger partial charge in [-0.2, -0.15) is 0 Å². The van der Waals surface area contributed by atoms with Gasteiger partial charge in [0.05, 0.1) is 0 Å². The first kappa shape index (κ1) is 25.9. The van der Waals surface area contributed by atoms with E-state index in [9.17, 15) is 0 Å². The van der Waals surface area contributed by atoms with Crippen molar-refractivity contribution in [1.82, 2.24) is 15.0 Å². The third kappa shape index (κ3) is 4.05. The molecule has 8 aromatic carbocycles. The third-order valence-electron chi connectivity index (χ3n) is 9.24. The fourth-order valence-corrected chi connectivity index (χ4v) is 7.09. The Bertz CT molecular complexity index is 2730. The Morgan fingerprint density at radius 1 is 0.319 bits per heavy atom. The zero-order chi connectivity index (χ0) is 30.9. The number of benzene rings is 8. The highest BCUT2D eigenvalue weighted by atomic mass is 16.3. The molecule has 4 heteroatoms. The molecule has 0 N–H and O–H groups in total. The Labute approximate surface area is 270 Å². The molecule has 0 unspecified atom stereocenters. The van der Waals surface area contributed by atoms with Gasteiger partial charge in [0.15, 0.2) is 17.5 Å². The first-order chi connectivity index (χ1) is 23.3. The van der Waals surface area contributed by atoms with Gasteiger partial charge >= 0.3 is 0 Å². The van der Waals surface area contributed by atoms with Crippen LogP contribution in [0.3, 0.4) is 0 Å². The lowest BCUT2D eigenvalue weighted by atomic mass is 9.89. The van der Waals surface area contributed by atoms with E-state index in [4.69, 9.17) is 19.4 Å². The SMILES string of the molecule is c1ccc(-c2nc(-c3ccccc3)nc(-c3cccc(-c4ccc5c6cccc7oc8cc9ccccc9c(c5c4)c8c76)c3)n2)cc1. The van der Waals surface area contributed by atoms with Crippen LogP contribution in [0.2, 0.25) is 0 Å². The van der Waals surface area contributed by atoms with Crippen molar-refractivity contribution in [3.8, 4) is 45.3 Å². The smallest absolute Gasteiger partial charge is 0.164 e. The molecule has 10 rings (SSSR count). The molecule has 47 heavy (non-hydrogen) atoms. The average molecular weight is 600 g/mol. The van der Waals surface area contributed by atoms with Crippen molar-refractivity contribution in [1.29, 1.82) is 0 Å². The molecule has 10 aromatic rings. The van der Waals surface area contributed by atoms with Crippen molar-refractivity contribution in [3.63, 3.8) is 0 Å². The normalized spacial score (nSPS) is 11.8. The molecule has 2 heterocycles. The van der Waals surface area contributed by atoms with Crippen molar-refractivity contribution in [2.45, 2.75) is 0 Å². The monoisotopic (exact) mass is 599 g/mol. The Morgan fingerprint density at radius 3 is 1.68 bits per heavy atom. The number of rotatable bonds is 4. The number of fused-ring (bicyclic) bond motifs is 5. The van der Waals surface area contributed by atoms with E-state index in [0.29, 0.717) is 17.5 Å². The number of aromatic nitrogens is 3. The van der Waals surface area contributed by atoms with Gasteiger partial charge in [-0.25, -0.2) is 15.0 Å². The van der Waals surface area contributed by atoms with E-state index in [-0.39, 0.29) is 0 Å². The Hall–Kier alpha value is -6.39.